The third kappa shape index (κ3) is 3.26. The summed E-state index contributed by atoms with van der Waals surface area (Å²) in [6.07, 6.45) is 3.67. The van der Waals surface area contributed by atoms with Crippen molar-refractivity contribution in [1.82, 2.24) is 19.7 Å². The number of benzene rings is 1. The van der Waals surface area contributed by atoms with Crippen LogP contribution in [0.2, 0.25) is 0 Å². The van der Waals surface area contributed by atoms with Crippen LogP contribution in [0, 0.1) is 5.82 Å². The number of aromatic nitrogens is 3. The Morgan fingerprint density at radius 1 is 1.23 bits per heavy atom. The Labute approximate surface area is 155 Å². The van der Waals surface area contributed by atoms with E-state index < -0.39 is 0 Å². The predicted octanol–water partition coefficient (Wildman–Crippen LogP) is 3.70. The summed E-state index contributed by atoms with van der Waals surface area (Å²) >= 11 is 1.45. The highest BCUT2D eigenvalue weighted by Gasteiger charge is 2.28. The number of rotatable bonds is 3. The highest BCUT2D eigenvalue weighted by atomic mass is 32.1. The topological polar surface area (TPSA) is 51.0 Å². The summed E-state index contributed by atoms with van der Waals surface area (Å²) in [5.41, 5.74) is 0.922. The molecule has 1 unspecified atom stereocenters. The van der Waals surface area contributed by atoms with E-state index in [1.165, 1.54) is 23.5 Å². The van der Waals surface area contributed by atoms with Crippen LogP contribution in [-0.2, 0) is 7.05 Å². The lowest BCUT2D eigenvalue weighted by Crippen LogP contribution is -2.39. The van der Waals surface area contributed by atoms with Crippen LogP contribution < -0.4 is 0 Å². The number of aryl methyl sites for hydroxylation is 1. The first kappa shape index (κ1) is 16.9. The predicted molar refractivity (Wildman–Crippen MR) is 98.6 cm³/mol. The molecule has 4 rings (SSSR count). The summed E-state index contributed by atoms with van der Waals surface area (Å²) in [5.74, 6) is 0.942. The van der Waals surface area contributed by atoms with Crippen molar-refractivity contribution in [1.29, 1.82) is 0 Å². The second kappa shape index (κ2) is 6.99. The maximum Gasteiger partial charge on any atom is 0.263 e. The molecule has 2 aromatic heterocycles. The number of piperidine rings is 1. The molecule has 7 heteroatoms. The Morgan fingerprint density at radius 2 is 2.04 bits per heavy atom. The van der Waals surface area contributed by atoms with Crippen molar-refractivity contribution in [3.63, 3.8) is 0 Å². The lowest BCUT2D eigenvalue weighted by atomic mass is 9.97. The molecule has 5 nitrogen and oxygen atoms in total. The van der Waals surface area contributed by atoms with Crippen LogP contribution in [0.25, 0.3) is 10.4 Å². The monoisotopic (exact) mass is 370 g/mol. The summed E-state index contributed by atoms with van der Waals surface area (Å²) in [6, 6.07) is 10.1. The van der Waals surface area contributed by atoms with E-state index in [-0.39, 0.29) is 17.6 Å². The largest absolute Gasteiger partial charge is 0.337 e. The molecule has 1 aliphatic rings. The maximum atomic E-state index is 13.1. The van der Waals surface area contributed by atoms with Gasteiger partial charge in [-0.05, 0) is 42.7 Å². The molecule has 3 aromatic rings. The molecule has 134 valence electrons. The number of hydrogen-bond acceptors (Lipinski definition) is 4. The van der Waals surface area contributed by atoms with Crippen molar-refractivity contribution in [2.45, 2.75) is 18.8 Å². The van der Waals surface area contributed by atoms with Gasteiger partial charge < -0.3 is 9.47 Å². The zero-order valence-electron chi connectivity index (χ0n) is 14.4. The first-order valence-corrected chi connectivity index (χ1v) is 9.42. The number of amides is 1. The van der Waals surface area contributed by atoms with E-state index in [4.69, 9.17) is 0 Å². The summed E-state index contributed by atoms with van der Waals surface area (Å²) < 4.78 is 15.0. The molecule has 0 N–H and O–H groups in total. The number of carbonyl (C=O) groups excluding carboxylic acids is 1. The van der Waals surface area contributed by atoms with Crippen molar-refractivity contribution in [3.05, 3.63) is 59.2 Å². The lowest BCUT2D eigenvalue weighted by molar-refractivity contribution is 0.0708. The van der Waals surface area contributed by atoms with Gasteiger partial charge in [0.05, 0.1) is 4.88 Å². The number of halogens is 1. The van der Waals surface area contributed by atoms with E-state index in [2.05, 4.69) is 10.2 Å². The smallest absolute Gasteiger partial charge is 0.263 e. The molecular formula is C19H19FN4OS. The third-order valence-electron chi connectivity index (χ3n) is 4.77. The van der Waals surface area contributed by atoms with Gasteiger partial charge in [-0.2, -0.15) is 0 Å². The molecule has 0 saturated carbocycles. The molecule has 1 saturated heterocycles. The first-order chi connectivity index (χ1) is 12.6. The molecule has 0 radical (unpaired) electrons. The second-order valence-corrected chi connectivity index (χ2v) is 7.64. The van der Waals surface area contributed by atoms with Crippen LogP contribution in [0.15, 0.2) is 42.7 Å². The van der Waals surface area contributed by atoms with Gasteiger partial charge in [0.2, 0.25) is 0 Å². The average molecular weight is 370 g/mol. The van der Waals surface area contributed by atoms with Gasteiger partial charge in [0.1, 0.15) is 18.0 Å². The summed E-state index contributed by atoms with van der Waals surface area (Å²) in [5, 5.41) is 8.16. The van der Waals surface area contributed by atoms with Crippen LogP contribution in [-0.4, -0.2) is 38.7 Å². The highest BCUT2D eigenvalue weighted by molar-refractivity contribution is 7.17. The van der Waals surface area contributed by atoms with E-state index in [0.29, 0.717) is 11.4 Å². The zero-order valence-corrected chi connectivity index (χ0v) is 15.2. The fourth-order valence-corrected chi connectivity index (χ4v) is 4.39. The van der Waals surface area contributed by atoms with Crippen molar-refractivity contribution in [2.24, 2.45) is 7.05 Å². The molecule has 1 aliphatic heterocycles. The summed E-state index contributed by atoms with van der Waals surface area (Å²) in [6.45, 7) is 1.42. The Balaban J connectivity index is 1.50. The molecule has 1 amide bonds. The van der Waals surface area contributed by atoms with Crippen molar-refractivity contribution < 1.29 is 9.18 Å². The van der Waals surface area contributed by atoms with Crippen molar-refractivity contribution >= 4 is 17.2 Å². The van der Waals surface area contributed by atoms with Gasteiger partial charge in [-0.1, -0.05) is 12.1 Å². The second-order valence-electron chi connectivity index (χ2n) is 6.56. The van der Waals surface area contributed by atoms with Gasteiger partial charge in [0, 0.05) is 30.9 Å². The van der Waals surface area contributed by atoms with Gasteiger partial charge in [-0.25, -0.2) is 4.39 Å². The molecule has 0 bridgehead atoms. The van der Waals surface area contributed by atoms with Gasteiger partial charge in [0.15, 0.2) is 0 Å². The van der Waals surface area contributed by atoms with Crippen molar-refractivity contribution in [2.75, 3.05) is 13.1 Å². The van der Waals surface area contributed by atoms with Crippen molar-refractivity contribution in [3.8, 4) is 10.4 Å². The molecule has 26 heavy (non-hydrogen) atoms. The number of nitrogens with zero attached hydrogens (tertiary/aromatic N) is 4. The molecule has 0 spiro atoms. The molecule has 1 fully saturated rings. The third-order valence-corrected chi connectivity index (χ3v) is 5.89. The summed E-state index contributed by atoms with van der Waals surface area (Å²) in [7, 11) is 1.93. The number of carbonyl (C=O) groups is 1. The van der Waals surface area contributed by atoms with Gasteiger partial charge in [-0.3, -0.25) is 4.79 Å². The summed E-state index contributed by atoms with van der Waals surface area (Å²) in [4.78, 5) is 16.5. The Bertz CT molecular complexity index is 918. The molecule has 1 atom stereocenters. The Hall–Kier alpha value is -2.54. The number of thiophene rings is 1. The van der Waals surface area contributed by atoms with Gasteiger partial charge >= 0.3 is 0 Å². The fraction of sp³-hybridized carbons (Fsp3) is 0.316. The van der Waals surface area contributed by atoms with Gasteiger partial charge in [0.25, 0.3) is 5.91 Å². The normalized spacial score (nSPS) is 17.5. The number of hydrogen-bond donors (Lipinski definition) is 0. The van der Waals surface area contributed by atoms with Gasteiger partial charge in [-0.15, -0.1) is 21.5 Å². The SMILES string of the molecule is Cn1cnnc1C1CCCN(C(=O)c2ccc(-c3ccc(F)cc3)s2)C1. The van der Waals surface area contributed by atoms with Crippen LogP contribution >= 0.6 is 11.3 Å². The molecule has 1 aromatic carbocycles. The van der Waals surface area contributed by atoms with E-state index in [1.807, 2.05) is 28.6 Å². The number of likely N-dealkylation sites (tertiary alicyclic amines) is 1. The van der Waals surface area contributed by atoms with Crippen LogP contribution in [0.5, 0.6) is 0 Å². The molecular weight excluding hydrogens is 351 g/mol. The zero-order chi connectivity index (χ0) is 18.1. The van der Waals surface area contributed by atoms with Crippen LogP contribution in [0.3, 0.4) is 0 Å². The fourth-order valence-electron chi connectivity index (χ4n) is 3.41. The minimum absolute atomic E-state index is 0.0511. The van der Waals surface area contributed by atoms with E-state index in [9.17, 15) is 9.18 Å². The molecule has 3 heterocycles. The average Bonchev–Trinajstić information content (AvgIpc) is 3.31. The Morgan fingerprint density at radius 3 is 2.77 bits per heavy atom. The quantitative estimate of drug-likeness (QED) is 0.706. The standard InChI is InChI=1S/C19H19FN4OS/c1-23-12-21-22-18(23)14-3-2-10-24(11-14)19(25)17-9-8-16(26-17)13-4-6-15(20)7-5-13/h4-9,12,14H,2-3,10-11H2,1H3. The van der Waals surface area contributed by atoms with Crippen LogP contribution in [0.1, 0.15) is 34.3 Å². The minimum atomic E-state index is -0.260. The lowest BCUT2D eigenvalue weighted by Gasteiger charge is -2.31. The maximum absolute atomic E-state index is 13.1. The van der Waals surface area contributed by atoms with E-state index in [0.717, 1.165) is 35.7 Å². The first-order valence-electron chi connectivity index (χ1n) is 8.61. The molecule has 0 aliphatic carbocycles. The van der Waals surface area contributed by atoms with E-state index in [1.54, 1.807) is 18.5 Å². The Kier molecular flexibility index (Phi) is 4.55. The van der Waals surface area contributed by atoms with E-state index >= 15 is 0 Å². The minimum Gasteiger partial charge on any atom is -0.337 e. The van der Waals surface area contributed by atoms with Crippen LogP contribution in [0.4, 0.5) is 4.39 Å². The highest BCUT2D eigenvalue weighted by Crippen LogP contribution is 2.31.